The molecular weight excluding hydrogens is 403 g/mol. The van der Waals surface area contributed by atoms with Crippen molar-refractivity contribution in [2.75, 3.05) is 0 Å². The molecule has 0 saturated carbocycles. The summed E-state index contributed by atoms with van der Waals surface area (Å²) in [6.45, 7) is 5.86. The second-order valence-electron chi connectivity index (χ2n) is 7.94. The second kappa shape index (κ2) is 10.5. The van der Waals surface area contributed by atoms with Gasteiger partial charge in [0, 0.05) is 22.1 Å². The van der Waals surface area contributed by atoms with Gasteiger partial charge >= 0.3 is 0 Å². The fraction of sp³-hybridized carbons (Fsp3) is 0.125. The van der Waals surface area contributed by atoms with Gasteiger partial charge in [0.15, 0.2) is 0 Å². The van der Waals surface area contributed by atoms with Crippen molar-refractivity contribution >= 4 is 10.8 Å². The van der Waals surface area contributed by atoms with E-state index in [2.05, 4.69) is 49.3 Å². The van der Waals surface area contributed by atoms with E-state index in [0.29, 0.717) is 10.9 Å². The smallest absolute Gasteiger partial charge is 0.146 e. The Hall–Kier alpha value is -4.07. The van der Waals surface area contributed by atoms with E-state index in [1.165, 1.54) is 11.1 Å². The fourth-order valence-corrected chi connectivity index (χ4v) is 3.60. The Kier molecular flexibility index (Phi) is 7.04. The number of aryl methyl sites for hydroxylation is 2. The first-order valence-electron chi connectivity index (χ1n) is 11.2. The lowest BCUT2D eigenvalue weighted by Crippen LogP contribution is -1.88. The third-order valence-corrected chi connectivity index (χ3v) is 5.60. The highest BCUT2D eigenvalue weighted by Gasteiger charge is 2.06. The van der Waals surface area contributed by atoms with E-state index in [1.807, 2.05) is 66.7 Å². The molecule has 0 aliphatic heterocycles. The highest BCUT2D eigenvalue weighted by atomic mass is 19.1. The van der Waals surface area contributed by atoms with Gasteiger partial charge in [-0.05, 0) is 78.2 Å². The zero-order chi connectivity index (χ0) is 23.0. The van der Waals surface area contributed by atoms with Crippen molar-refractivity contribution in [2.45, 2.75) is 26.2 Å². The van der Waals surface area contributed by atoms with Crippen LogP contribution >= 0.6 is 0 Å². The molecule has 0 aliphatic carbocycles. The Morgan fingerprint density at radius 3 is 1.91 bits per heavy atom. The van der Waals surface area contributed by atoms with Gasteiger partial charge < -0.3 is 0 Å². The topological polar surface area (TPSA) is 0 Å². The molecule has 0 fully saturated rings. The van der Waals surface area contributed by atoms with Crippen LogP contribution in [0.2, 0.25) is 0 Å². The summed E-state index contributed by atoms with van der Waals surface area (Å²) in [6, 6.07) is 25.6. The van der Waals surface area contributed by atoms with Crippen LogP contribution in [0, 0.1) is 29.5 Å². The maximum atomic E-state index is 14.9. The molecule has 0 saturated heterocycles. The molecule has 0 unspecified atom stereocenters. The lowest BCUT2D eigenvalue weighted by molar-refractivity contribution is 0.636. The van der Waals surface area contributed by atoms with Gasteiger partial charge in [0.1, 0.15) is 5.82 Å². The van der Waals surface area contributed by atoms with Crippen molar-refractivity contribution in [3.8, 4) is 23.7 Å². The Morgan fingerprint density at radius 1 is 0.727 bits per heavy atom. The minimum Gasteiger partial charge on any atom is -0.205 e. The molecule has 33 heavy (non-hydrogen) atoms. The van der Waals surface area contributed by atoms with Gasteiger partial charge in [0.25, 0.3) is 0 Å². The molecule has 0 radical (unpaired) electrons. The lowest BCUT2D eigenvalue weighted by Gasteiger charge is -2.04. The molecule has 0 bridgehead atoms. The fourth-order valence-electron chi connectivity index (χ4n) is 3.60. The van der Waals surface area contributed by atoms with Crippen molar-refractivity contribution in [1.29, 1.82) is 0 Å². The Labute approximate surface area is 195 Å². The van der Waals surface area contributed by atoms with Gasteiger partial charge in [-0.2, -0.15) is 0 Å². The largest absolute Gasteiger partial charge is 0.205 e. The SMILES string of the molecule is C=CCCc1ccc(C#Cc2ccc(C#Cc3ccc4cc(CC)ccc4c3F)cc2)cc1. The maximum Gasteiger partial charge on any atom is 0.146 e. The summed E-state index contributed by atoms with van der Waals surface area (Å²) in [6.07, 6.45) is 4.85. The molecule has 0 nitrogen and oxygen atoms in total. The number of rotatable bonds is 4. The molecule has 4 rings (SSSR count). The monoisotopic (exact) mass is 428 g/mol. The predicted octanol–water partition coefficient (Wildman–Crippen LogP) is 7.46. The summed E-state index contributed by atoms with van der Waals surface area (Å²) in [5.74, 6) is 12.2. The average Bonchev–Trinajstić information content (AvgIpc) is 2.87. The number of halogens is 1. The van der Waals surface area contributed by atoms with Gasteiger partial charge in [-0.15, -0.1) is 6.58 Å². The first-order valence-corrected chi connectivity index (χ1v) is 11.2. The molecule has 0 aliphatic rings. The minimum atomic E-state index is -0.263. The molecule has 4 aromatic rings. The van der Waals surface area contributed by atoms with Gasteiger partial charge in [-0.3, -0.25) is 0 Å². The Balaban J connectivity index is 1.47. The van der Waals surface area contributed by atoms with Crippen LogP contribution < -0.4 is 0 Å². The normalized spacial score (nSPS) is 10.1. The molecule has 160 valence electrons. The molecule has 0 spiro atoms. The van der Waals surface area contributed by atoms with E-state index in [9.17, 15) is 4.39 Å². The highest BCUT2D eigenvalue weighted by Crippen LogP contribution is 2.22. The molecule has 1 heteroatoms. The average molecular weight is 429 g/mol. The molecule has 0 heterocycles. The molecule has 0 atom stereocenters. The van der Waals surface area contributed by atoms with Gasteiger partial charge in [-0.25, -0.2) is 4.39 Å². The van der Waals surface area contributed by atoms with Crippen LogP contribution in [-0.2, 0) is 12.8 Å². The molecule has 0 amide bonds. The first-order chi connectivity index (χ1) is 16.2. The first kappa shape index (κ1) is 22.1. The van der Waals surface area contributed by atoms with Gasteiger partial charge in [0.2, 0.25) is 0 Å². The number of fused-ring (bicyclic) bond motifs is 1. The van der Waals surface area contributed by atoms with Crippen molar-refractivity contribution in [1.82, 2.24) is 0 Å². The number of hydrogen-bond acceptors (Lipinski definition) is 0. The Morgan fingerprint density at radius 2 is 1.30 bits per heavy atom. The van der Waals surface area contributed by atoms with E-state index < -0.39 is 0 Å². The highest BCUT2D eigenvalue weighted by molar-refractivity contribution is 5.85. The summed E-state index contributed by atoms with van der Waals surface area (Å²) in [5.41, 5.74) is 5.63. The minimum absolute atomic E-state index is 0.263. The van der Waals surface area contributed by atoms with E-state index >= 15 is 0 Å². The van der Waals surface area contributed by atoms with Crippen LogP contribution in [0.4, 0.5) is 4.39 Å². The van der Waals surface area contributed by atoms with Crippen molar-refractivity contribution in [2.24, 2.45) is 0 Å². The molecular formula is C32H25F. The maximum absolute atomic E-state index is 14.9. The van der Waals surface area contributed by atoms with Crippen molar-refractivity contribution < 1.29 is 4.39 Å². The van der Waals surface area contributed by atoms with Crippen LogP contribution in [0.15, 0.2) is 91.5 Å². The number of allylic oxidation sites excluding steroid dienone is 1. The Bertz CT molecular complexity index is 1400. The molecule has 4 aromatic carbocycles. The van der Waals surface area contributed by atoms with Crippen LogP contribution in [0.3, 0.4) is 0 Å². The van der Waals surface area contributed by atoms with E-state index in [0.717, 1.165) is 41.3 Å². The van der Waals surface area contributed by atoms with Gasteiger partial charge in [-0.1, -0.05) is 73.1 Å². The third-order valence-electron chi connectivity index (χ3n) is 5.60. The zero-order valence-corrected chi connectivity index (χ0v) is 18.8. The van der Waals surface area contributed by atoms with Crippen molar-refractivity contribution in [3.05, 3.63) is 131 Å². The summed E-state index contributed by atoms with van der Waals surface area (Å²) < 4.78 is 14.9. The van der Waals surface area contributed by atoms with Crippen LogP contribution in [0.5, 0.6) is 0 Å². The zero-order valence-electron chi connectivity index (χ0n) is 18.8. The van der Waals surface area contributed by atoms with Crippen molar-refractivity contribution in [3.63, 3.8) is 0 Å². The van der Waals surface area contributed by atoms with Crippen LogP contribution in [-0.4, -0.2) is 0 Å². The lowest BCUT2D eigenvalue weighted by atomic mass is 10.0. The van der Waals surface area contributed by atoms with Crippen LogP contribution in [0.1, 0.15) is 46.7 Å². The van der Waals surface area contributed by atoms with Crippen LogP contribution in [0.25, 0.3) is 10.8 Å². The summed E-state index contributed by atoms with van der Waals surface area (Å²) in [4.78, 5) is 0. The summed E-state index contributed by atoms with van der Waals surface area (Å²) >= 11 is 0. The third kappa shape index (κ3) is 5.60. The van der Waals surface area contributed by atoms with E-state index in [-0.39, 0.29) is 5.82 Å². The quantitative estimate of drug-likeness (QED) is 0.234. The second-order valence-corrected chi connectivity index (χ2v) is 7.94. The van der Waals surface area contributed by atoms with E-state index in [1.54, 1.807) is 6.07 Å². The molecule has 0 aromatic heterocycles. The number of hydrogen-bond donors (Lipinski definition) is 0. The number of benzene rings is 4. The van der Waals surface area contributed by atoms with Gasteiger partial charge in [0.05, 0.1) is 5.56 Å². The standard InChI is InChI=1S/C32H25F/c1-3-5-6-25-7-9-26(10-8-25)11-12-27-13-15-28(16-14-27)17-19-29-20-21-30-23-24(4-2)18-22-31(30)32(29)33/h3,7-10,13-16,18,20-23H,1,4-6H2,2H3. The summed E-state index contributed by atoms with van der Waals surface area (Å²) in [7, 11) is 0. The molecule has 0 N–H and O–H groups in total. The predicted molar refractivity (Wildman–Crippen MR) is 137 cm³/mol. The summed E-state index contributed by atoms with van der Waals surface area (Å²) in [5, 5.41) is 1.52. The van der Waals surface area contributed by atoms with E-state index in [4.69, 9.17) is 0 Å².